The fourth-order valence-electron chi connectivity index (χ4n) is 1.47. The van der Waals surface area contributed by atoms with Gasteiger partial charge in [0.2, 0.25) is 0 Å². The standard InChI is InChI=1S/C11H13BrF3NO/c12-9-3-1-8(2-4-9)10(16-5-6-17)7-11(13,14)15/h1-4,10,16-17H,5-7H2. The smallest absolute Gasteiger partial charge is 0.390 e. The molecule has 2 N–H and O–H groups in total. The van der Waals surface area contributed by atoms with Crippen LogP contribution in [0.4, 0.5) is 13.2 Å². The lowest BCUT2D eigenvalue weighted by Gasteiger charge is -2.20. The molecule has 0 saturated heterocycles. The van der Waals surface area contributed by atoms with E-state index in [9.17, 15) is 13.2 Å². The van der Waals surface area contributed by atoms with Crippen molar-refractivity contribution in [2.75, 3.05) is 13.2 Å². The molecule has 1 unspecified atom stereocenters. The van der Waals surface area contributed by atoms with Gasteiger partial charge in [0.05, 0.1) is 13.0 Å². The zero-order valence-electron chi connectivity index (χ0n) is 8.97. The Morgan fingerprint density at radius 2 is 1.82 bits per heavy atom. The van der Waals surface area contributed by atoms with Crippen molar-refractivity contribution in [1.82, 2.24) is 5.32 Å². The van der Waals surface area contributed by atoms with Crippen LogP contribution in [0.25, 0.3) is 0 Å². The second-order valence-corrected chi connectivity index (χ2v) is 4.52. The summed E-state index contributed by atoms with van der Waals surface area (Å²) >= 11 is 3.23. The van der Waals surface area contributed by atoms with E-state index in [1.807, 2.05) is 0 Å². The summed E-state index contributed by atoms with van der Waals surface area (Å²) in [5, 5.41) is 11.3. The number of alkyl halides is 3. The first kappa shape index (κ1) is 14.5. The molecular weight excluding hydrogens is 299 g/mol. The second-order valence-electron chi connectivity index (χ2n) is 3.60. The maximum atomic E-state index is 12.4. The van der Waals surface area contributed by atoms with Gasteiger partial charge in [0.15, 0.2) is 0 Å². The molecule has 96 valence electrons. The van der Waals surface area contributed by atoms with E-state index in [4.69, 9.17) is 5.11 Å². The number of aliphatic hydroxyl groups is 1. The summed E-state index contributed by atoms with van der Waals surface area (Å²) in [4.78, 5) is 0. The first-order chi connectivity index (χ1) is 7.92. The van der Waals surface area contributed by atoms with Crippen molar-refractivity contribution in [3.8, 4) is 0 Å². The summed E-state index contributed by atoms with van der Waals surface area (Å²) in [7, 11) is 0. The van der Waals surface area contributed by atoms with Gasteiger partial charge < -0.3 is 10.4 Å². The Balaban J connectivity index is 2.78. The first-order valence-electron chi connectivity index (χ1n) is 5.09. The normalized spacial score (nSPS) is 13.7. The lowest BCUT2D eigenvalue weighted by Crippen LogP contribution is -2.28. The molecule has 0 aliphatic rings. The van der Waals surface area contributed by atoms with Crippen molar-refractivity contribution in [3.63, 3.8) is 0 Å². The summed E-state index contributed by atoms with van der Waals surface area (Å²) in [6.45, 7) is -0.0539. The van der Waals surface area contributed by atoms with E-state index >= 15 is 0 Å². The van der Waals surface area contributed by atoms with Crippen LogP contribution in [-0.4, -0.2) is 24.4 Å². The van der Waals surface area contributed by atoms with E-state index in [1.165, 1.54) is 0 Å². The molecule has 2 nitrogen and oxygen atoms in total. The predicted octanol–water partition coefficient (Wildman–Crippen LogP) is 3.02. The zero-order chi connectivity index (χ0) is 12.9. The Labute approximate surface area is 106 Å². The van der Waals surface area contributed by atoms with E-state index < -0.39 is 18.6 Å². The van der Waals surface area contributed by atoms with Crippen molar-refractivity contribution >= 4 is 15.9 Å². The minimum Gasteiger partial charge on any atom is -0.395 e. The summed E-state index contributed by atoms with van der Waals surface area (Å²) < 4.78 is 38.0. The molecule has 1 aromatic carbocycles. The van der Waals surface area contributed by atoms with Gasteiger partial charge >= 0.3 is 6.18 Å². The van der Waals surface area contributed by atoms with Crippen molar-refractivity contribution in [2.24, 2.45) is 0 Å². The van der Waals surface area contributed by atoms with E-state index in [0.717, 1.165) is 4.47 Å². The van der Waals surface area contributed by atoms with Gasteiger partial charge in [0.25, 0.3) is 0 Å². The van der Waals surface area contributed by atoms with Crippen LogP contribution in [-0.2, 0) is 0 Å². The van der Waals surface area contributed by atoms with Crippen LogP contribution in [0.15, 0.2) is 28.7 Å². The highest BCUT2D eigenvalue weighted by molar-refractivity contribution is 9.10. The third-order valence-electron chi connectivity index (χ3n) is 2.21. The highest BCUT2D eigenvalue weighted by Crippen LogP contribution is 2.29. The van der Waals surface area contributed by atoms with E-state index in [2.05, 4.69) is 21.2 Å². The molecule has 0 aromatic heterocycles. The molecule has 1 atom stereocenters. The molecular formula is C11H13BrF3NO. The summed E-state index contributed by atoms with van der Waals surface area (Å²) in [5.74, 6) is 0. The van der Waals surface area contributed by atoms with Crippen LogP contribution >= 0.6 is 15.9 Å². The minimum atomic E-state index is -4.24. The number of rotatable bonds is 5. The Hall–Kier alpha value is -0.590. The maximum Gasteiger partial charge on any atom is 0.390 e. The summed E-state index contributed by atoms with van der Waals surface area (Å²) in [6, 6.07) is 5.82. The number of aliphatic hydroxyl groups excluding tert-OH is 1. The molecule has 1 rings (SSSR count). The van der Waals surface area contributed by atoms with Gasteiger partial charge in [0, 0.05) is 17.1 Å². The molecule has 0 bridgehead atoms. The monoisotopic (exact) mass is 311 g/mol. The van der Waals surface area contributed by atoms with Crippen molar-refractivity contribution in [3.05, 3.63) is 34.3 Å². The molecule has 0 aliphatic carbocycles. The van der Waals surface area contributed by atoms with Crippen LogP contribution in [0.3, 0.4) is 0 Å². The number of hydrogen-bond acceptors (Lipinski definition) is 2. The largest absolute Gasteiger partial charge is 0.395 e. The molecule has 0 amide bonds. The topological polar surface area (TPSA) is 32.3 Å². The van der Waals surface area contributed by atoms with E-state index in [1.54, 1.807) is 24.3 Å². The average molecular weight is 312 g/mol. The average Bonchev–Trinajstić information content (AvgIpc) is 2.24. The molecule has 0 heterocycles. The lowest BCUT2D eigenvalue weighted by atomic mass is 10.0. The van der Waals surface area contributed by atoms with Crippen LogP contribution in [0.2, 0.25) is 0 Å². The summed E-state index contributed by atoms with van der Waals surface area (Å²) in [5.41, 5.74) is 0.555. The van der Waals surface area contributed by atoms with Gasteiger partial charge in [0.1, 0.15) is 0 Å². The molecule has 0 fully saturated rings. The van der Waals surface area contributed by atoms with Crippen LogP contribution in [0.5, 0.6) is 0 Å². The first-order valence-corrected chi connectivity index (χ1v) is 5.88. The fraction of sp³-hybridized carbons (Fsp3) is 0.455. The number of hydrogen-bond donors (Lipinski definition) is 2. The molecule has 0 aliphatic heterocycles. The van der Waals surface area contributed by atoms with E-state index in [0.29, 0.717) is 5.56 Å². The predicted molar refractivity (Wildman–Crippen MR) is 62.6 cm³/mol. The van der Waals surface area contributed by atoms with Crippen LogP contribution in [0, 0.1) is 0 Å². The molecule has 0 saturated carbocycles. The number of benzene rings is 1. The highest BCUT2D eigenvalue weighted by Gasteiger charge is 2.32. The molecule has 0 radical (unpaired) electrons. The van der Waals surface area contributed by atoms with Gasteiger partial charge in [-0.1, -0.05) is 28.1 Å². The van der Waals surface area contributed by atoms with Gasteiger partial charge in [-0.05, 0) is 17.7 Å². The van der Waals surface area contributed by atoms with Crippen molar-refractivity contribution in [1.29, 1.82) is 0 Å². The van der Waals surface area contributed by atoms with Gasteiger partial charge in [-0.25, -0.2) is 0 Å². The minimum absolute atomic E-state index is 0.136. The third kappa shape index (κ3) is 5.52. The third-order valence-corrected chi connectivity index (χ3v) is 2.74. The maximum absolute atomic E-state index is 12.4. The van der Waals surface area contributed by atoms with Gasteiger partial charge in [-0.3, -0.25) is 0 Å². The quantitative estimate of drug-likeness (QED) is 0.876. The Bertz CT molecular complexity index is 340. The fourth-order valence-corrected chi connectivity index (χ4v) is 1.74. The molecule has 6 heteroatoms. The molecule has 17 heavy (non-hydrogen) atoms. The Morgan fingerprint density at radius 3 is 2.29 bits per heavy atom. The summed E-state index contributed by atoms with van der Waals surface area (Å²) in [6.07, 6.45) is -5.19. The van der Waals surface area contributed by atoms with E-state index in [-0.39, 0.29) is 13.2 Å². The highest BCUT2D eigenvalue weighted by atomic mass is 79.9. The molecule has 1 aromatic rings. The number of nitrogens with one attached hydrogen (secondary N) is 1. The second kappa shape index (κ2) is 6.37. The number of halogens is 4. The Kier molecular flexibility index (Phi) is 5.42. The molecule has 0 spiro atoms. The Morgan fingerprint density at radius 1 is 1.24 bits per heavy atom. The lowest BCUT2D eigenvalue weighted by molar-refractivity contribution is -0.140. The SMILES string of the molecule is OCCNC(CC(F)(F)F)c1ccc(Br)cc1. The van der Waals surface area contributed by atoms with Gasteiger partial charge in [-0.15, -0.1) is 0 Å². The van der Waals surface area contributed by atoms with Crippen LogP contribution in [0.1, 0.15) is 18.0 Å². The zero-order valence-corrected chi connectivity index (χ0v) is 10.6. The van der Waals surface area contributed by atoms with Crippen molar-refractivity contribution in [2.45, 2.75) is 18.6 Å². The van der Waals surface area contributed by atoms with Gasteiger partial charge in [-0.2, -0.15) is 13.2 Å². The van der Waals surface area contributed by atoms with Crippen molar-refractivity contribution < 1.29 is 18.3 Å². The van der Waals surface area contributed by atoms with Crippen LogP contribution < -0.4 is 5.32 Å².